The molecular weight excluding hydrogens is 236 g/mol. The van der Waals surface area contributed by atoms with Crippen molar-refractivity contribution < 1.29 is 9.32 Å². The molecule has 1 unspecified atom stereocenters. The molecule has 17 heavy (non-hydrogen) atoms. The molecule has 1 aromatic rings. The van der Waals surface area contributed by atoms with E-state index in [0.29, 0.717) is 24.1 Å². The fraction of sp³-hybridized carbons (Fsp3) is 0.750. The first-order valence-corrected chi connectivity index (χ1v) is 7.25. The van der Waals surface area contributed by atoms with Gasteiger partial charge >= 0.3 is 0 Å². The molecule has 0 amide bonds. The van der Waals surface area contributed by atoms with Gasteiger partial charge in [0.25, 0.3) is 0 Å². The topological polar surface area (TPSA) is 56.0 Å². The molecule has 2 rings (SSSR count). The molecule has 0 spiro atoms. The van der Waals surface area contributed by atoms with E-state index in [1.54, 1.807) is 11.8 Å². The second kappa shape index (κ2) is 5.67. The van der Waals surface area contributed by atoms with Gasteiger partial charge in [0.05, 0.1) is 11.7 Å². The van der Waals surface area contributed by atoms with Gasteiger partial charge in [0.2, 0.25) is 5.89 Å². The second-order valence-corrected chi connectivity index (χ2v) is 5.90. The largest absolute Gasteiger partial charge is 0.339 e. The van der Waals surface area contributed by atoms with E-state index in [9.17, 15) is 4.79 Å². The highest BCUT2D eigenvalue weighted by Gasteiger charge is 2.30. The lowest BCUT2D eigenvalue weighted by Crippen LogP contribution is -2.04. The fourth-order valence-electron chi connectivity index (χ4n) is 1.93. The summed E-state index contributed by atoms with van der Waals surface area (Å²) < 4.78 is 5.18. The fourth-order valence-corrected chi connectivity index (χ4v) is 2.82. The molecule has 5 heteroatoms. The van der Waals surface area contributed by atoms with Crippen LogP contribution in [0.25, 0.3) is 0 Å². The lowest BCUT2D eigenvalue weighted by atomic mass is 10.1. The third-order valence-electron chi connectivity index (χ3n) is 2.77. The van der Waals surface area contributed by atoms with E-state index in [0.717, 1.165) is 24.3 Å². The lowest BCUT2D eigenvalue weighted by molar-refractivity contribution is -0.119. The minimum absolute atomic E-state index is 0.133. The van der Waals surface area contributed by atoms with Crippen molar-refractivity contribution >= 4 is 17.5 Å². The van der Waals surface area contributed by atoms with Crippen LogP contribution in [0.3, 0.4) is 0 Å². The molecule has 0 aromatic carbocycles. The van der Waals surface area contributed by atoms with Crippen LogP contribution in [0.5, 0.6) is 0 Å². The zero-order valence-corrected chi connectivity index (χ0v) is 11.1. The summed E-state index contributed by atoms with van der Waals surface area (Å²) >= 11 is 1.80. The van der Waals surface area contributed by atoms with Gasteiger partial charge in [-0.05, 0) is 24.5 Å². The van der Waals surface area contributed by atoms with Crippen LogP contribution >= 0.6 is 11.8 Å². The van der Waals surface area contributed by atoms with Crippen molar-refractivity contribution in [3.8, 4) is 0 Å². The monoisotopic (exact) mass is 254 g/mol. The molecule has 0 N–H and O–H groups in total. The van der Waals surface area contributed by atoms with Crippen LogP contribution in [0.4, 0.5) is 0 Å². The van der Waals surface area contributed by atoms with Gasteiger partial charge in [-0.2, -0.15) is 16.7 Å². The number of carbonyl (C=O) groups is 1. The minimum atomic E-state index is -0.133. The number of ketones is 1. The average Bonchev–Trinajstić information content (AvgIpc) is 2.86. The molecular formula is C12H18N2O2S. The van der Waals surface area contributed by atoms with E-state index in [1.807, 2.05) is 0 Å². The van der Waals surface area contributed by atoms with Gasteiger partial charge in [-0.25, -0.2) is 0 Å². The van der Waals surface area contributed by atoms with Gasteiger partial charge < -0.3 is 4.52 Å². The number of Topliss-reactive ketones (excluding diaryl/α,β-unsaturated/α-hetero) is 1. The molecule has 1 aromatic heterocycles. The van der Waals surface area contributed by atoms with Gasteiger partial charge in [-0.3, -0.25) is 4.79 Å². The van der Waals surface area contributed by atoms with Crippen molar-refractivity contribution in [1.82, 2.24) is 10.1 Å². The van der Waals surface area contributed by atoms with Gasteiger partial charge in [-0.1, -0.05) is 19.0 Å². The van der Waals surface area contributed by atoms with E-state index in [4.69, 9.17) is 4.52 Å². The van der Waals surface area contributed by atoms with Gasteiger partial charge in [0.15, 0.2) is 5.82 Å². The van der Waals surface area contributed by atoms with Crippen LogP contribution in [0.2, 0.25) is 0 Å². The highest BCUT2D eigenvalue weighted by molar-refractivity contribution is 7.98. The first-order chi connectivity index (χ1) is 8.16. The molecule has 1 heterocycles. The van der Waals surface area contributed by atoms with E-state index >= 15 is 0 Å². The highest BCUT2D eigenvalue weighted by atomic mass is 32.2. The normalized spacial score (nSPS) is 20.4. The summed E-state index contributed by atoms with van der Waals surface area (Å²) in [6.45, 7) is 4.37. The number of hydrogen-bond donors (Lipinski definition) is 0. The molecule has 4 nitrogen and oxygen atoms in total. The molecule has 94 valence electrons. The number of hydrogen-bond acceptors (Lipinski definition) is 5. The summed E-state index contributed by atoms with van der Waals surface area (Å²) in [4.78, 5) is 15.9. The van der Waals surface area contributed by atoms with Crippen LogP contribution in [0, 0.1) is 5.92 Å². The SMILES string of the molecule is CC(C)CSCc1noc(C2CCCC2=O)n1. The second-order valence-electron chi connectivity index (χ2n) is 4.87. The molecule has 0 radical (unpaired) electrons. The molecule has 1 fully saturated rings. The maximum absolute atomic E-state index is 11.6. The summed E-state index contributed by atoms with van der Waals surface area (Å²) in [5.74, 6) is 3.87. The lowest BCUT2D eigenvalue weighted by Gasteiger charge is -2.01. The Morgan fingerprint density at radius 1 is 1.53 bits per heavy atom. The van der Waals surface area contributed by atoms with Crippen LogP contribution in [-0.2, 0) is 10.5 Å². The smallest absolute Gasteiger partial charge is 0.237 e. The zero-order valence-electron chi connectivity index (χ0n) is 10.3. The van der Waals surface area contributed by atoms with Crippen molar-refractivity contribution in [2.45, 2.75) is 44.8 Å². The van der Waals surface area contributed by atoms with Crippen molar-refractivity contribution in [3.05, 3.63) is 11.7 Å². The summed E-state index contributed by atoms with van der Waals surface area (Å²) in [7, 11) is 0. The zero-order chi connectivity index (χ0) is 12.3. The third kappa shape index (κ3) is 3.31. The Morgan fingerprint density at radius 2 is 2.35 bits per heavy atom. The van der Waals surface area contributed by atoms with Crippen molar-refractivity contribution in [3.63, 3.8) is 0 Å². The quantitative estimate of drug-likeness (QED) is 0.808. The predicted octanol–water partition coefficient (Wildman–Crippen LogP) is 2.80. The van der Waals surface area contributed by atoms with Gasteiger partial charge in [-0.15, -0.1) is 0 Å². The average molecular weight is 254 g/mol. The van der Waals surface area contributed by atoms with Crippen molar-refractivity contribution in [2.75, 3.05) is 5.75 Å². The first kappa shape index (κ1) is 12.6. The molecule has 0 aliphatic heterocycles. The molecule has 0 saturated heterocycles. The molecule has 1 aliphatic carbocycles. The summed E-state index contributed by atoms with van der Waals surface area (Å²) in [5, 5.41) is 3.93. The Morgan fingerprint density at radius 3 is 3.00 bits per heavy atom. The summed E-state index contributed by atoms with van der Waals surface area (Å²) in [6, 6.07) is 0. The maximum atomic E-state index is 11.6. The predicted molar refractivity (Wildman–Crippen MR) is 66.9 cm³/mol. The minimum Gasteiger partial charge on any atom is -0.339 e. The summed E-state index contributed by atoms with van der Waals surface area (Å²) in [5.41, 5.74) is 0. The number of nitrogens with zero attached hydrogens (tertiary/aromatic N) is 2. The van der Waals surface area contributed by atoms with Crippen LogP contribution in [0.1, 0.15) is 50.7 Å². The van der Waals surface area contributed by atoms with E-state index < -0.39 is 0 Å². The Bertz CT molecular complexity index is 390. The number of rotatable bonds is 5. The number of aromatic nitrogens is 2. The molecule has 1 saturated carbocycles. The number of carbonyl (C=O) groups excluding carboxylic acids is 1. The summed E-state index contributed by atoms with van der Waals surface area (Å²) in [6.07, 6.45) is 2.47. The van der Waals surface area contributed by atoms with Crippen molar-refractivity contribution in [1.29, 1.82) is 0 Å². The third-order valence-corrected chi connectivity index (χ3v) is 4.13. The van der Waals surface area contributed by atoms with Crippen molar-refractivity contribution in [2.24, 2.45) is 5.92 Å². The van der Waals surface area contributed by atoms with Crippen LogP contribution in [0.15, 0.2) is 4.52 Å². The van der Waals surface area contributed by atoms with E-state index in [1.165, 1.54) is 0 Å². The Balaban J connectivity index is 1.89. The Kier molecular flexibility index (Phi) is 4.20. The standard InChI is InChI=1S/C12H18N2O2S/c1-8(2)6-17-7-11-13-12(16-14-11)9-4-3-5-10(9)15/h8-9H,3-7H2,1-2H3. The maximum Gasteiger partial charge on any atom is 0.237 e. The van der Waals surface area contributed by atoms with Crippen LogP contribution < -0.4 is 0 Å². The highest BCUT2D eigenvalue weighted by Crippen LogP contribution is 2.30. The first-order valence-electron chi connectivity index (χ1n) is 6.09. The van der Waals surface area contributed by atoms with E-state index in [-0.39, 0.29) is 11.7 Å². The van der Waals surface area contributed by atoms with Crippen LogP contribution in [-0.4, -0.2) is 21.7 Å². The number of thioether (sulfide) groups is 1. The molecule has 1 atom stereocenters. The van der Waals surface area contributed by atoms with E-state index in [2.05, 4.69) is 24.0 Å². The van der Waals surface area contributed by atoms with Gasteiger partial charge in [0, 0.05) is 6.42 Å². The Labute approximate surface area is 106 Å². The molecule has 1 aliphatic rings. The Hall–Kier alpha value is -0.840. The van der Waals surface area contributed by atoms with Gasteiger partial charge in [0.1, 0.15) is 5.78 Å². The molecule has 0 bridgehead atoms.